The summed E-state index contributed by atoms with van der Waals surface area (Å²) in [6.45, 7) is 7.11. The molecule has 0 saturated heterocycles. The van der Waals surface area contributed by atoms with Crippen LogP contribution in [0.4, 0.5) is 0 Å². The van der Waals surface area contributed by atoms with E-state index in [1.807, 2.05) is 12.1 Å². The van der Waals surface area contributed by atoms with Crippen LogP contribution in [0.3, 0.4) is 0 Å². The van der Waals surface area contributed by atoms with Gasteiger partial charge in [-0.1, -0.05) is 66.0 Å². The van der Waals surface area contributed by atoms with Crippen LogP contribution in [0.25, 0.3) is 0 Å². The predicted octanol–water partition coefficient (Wildman–Crippen LogP) is 7.15. The largest absolute Gasteiger partial charge is 0.0922 e. The molecule has 2 rings (SSSR count). The van der Waals surface area contributed by atoms with Gasteiger partial charge in [0.15, 0.2) is 0 Å². The van der Waals surface area contributed by atoms with Gasteiger partial charge in [-0.25, -0.2) is 0 Å². The molecule has 0 radical (unpaired) electrons. The molecule has 0 aromatic heterocycles. The quantitative estimate of drug-likeness (QED) is 0.479. The molecular formula is C18H25BrCl2. The Morgan fingerprint density at radius 3 is 2.29 bits per heavy atom. The molecule has 0 N–H and O–H groups in total. The zero-order valence-electron chi connectivity index (χ0n) is 13.2. The Bertz CT molecular complexity index is 482. The van der Waals surface area contributed by atoms with Crippen molar-refractivity contribution in [3.63, 3.8) is 0 Å². The first-order valence-corrected chi connectivity index (χ1v) is 9.63. The second-order valence-electron chi connectivity index (χ2n) is 7.69. The number of rotatable bonds is 3. The molecule has 1 saturated carbocycles. The van der Waals surface area contributed by atoms with Gasteiger partial charge in [0.25, 0.3) is 0 Å². The van der Waals surface area contributed by atoms with Gasteiger partial charge in [0.2, 0.25) is 0 Å². The van der Waals surface area contributed by atoms with E-state index in [2.05, 4.69) is 42.8 Å². The Hall–Kier alpha value is 0.280. The van der Waals surface area contributed by atoms with Gasteiger partial charge in [-0.2, -0.15) is 0 Å². The van der Waals surface area contributed by atoms with Crippen LogP contribution in [0.2, 0.25) is 10.0 Å². The summed E-state index contributed by atoms with van der Waals surface area (Å²) in [7, 11) is 0. The third-order valence-corrected chi connectivity index (χ3v) is 6.91. The maximum absolute atomic E-state index is 6.37. The zero-order chi connectivity index (χ0) is 15.7. The topological polar surface area (TPSA) is 0 Å². The van der Waals surface area contributed by atoms with Gasteiger partial charge < -0.3 is 0 Å². The lowest BCUT2D eigenvalue weighted by Gasteiger charge is -2.43. The lowest BCUT2D eigenvalue weighted by molar-refractivity contribution is 0.103. The normalized spacial score (nSPS) is 26.9. The zero-order valence-corrected chi connectivity index (χ0v) is 16.3. The molecule has 118 valence electrons. The molecule has 0 amide bonds. The second kappa shape index (κ2) is 6.81. The summed E-state index contributed by atoms with van der Waals surface area (Å²) < 4.78 is 0. The predicted molar refractivity (Wildman–Crippen MR) is 97.8 cm³/mol. The van der Waals surface area contributed by atoms with Crippen molar-refractivity contribution in [1.82, 2.24) is 0 Å². The first kappa shape index (κ1) is 17.6. The van der Waals surface area contributed by atoms with E-state index in [0.717, 1.165) is 22.7 Å². The highest BCUT2D eigenvalue weighted by molar-refractivity contribution is 9.09. The van der Waals surface area contributed by atoms with Crippen molar-refractivity contribution in [2.75, 3.05) is 5.33 Å². The monoisotopic (exact) mass is 390 g/mol. The standard InChI is InChI=1S/C18H25BrCl2/c1-17(2,3)14-6-8-18(12-19,9-7-14)11-13-4-5-15(20)10-16(13)21/h4-5,10,14H,6-9,11-12H2,1-3H3. The van der Waals surface area contributed by atoms with Gasteiger partial charge >= 0.3 is 0 Å². The summed E-state index contributed by atoms with van der Waals surface area (Å²) in [6.07, 6.45) is 6.24. The van der Waals surface area contributed by atoms with Crippen LogP contribution in [-0.2, 0) is 6.42 Å². The maximum Gasteiger partial charge on any atom is 0.0453 e. The van der Waals surface area contributed by atoms with Gasteiger partial charge in [0.05, 0.1) is 0 Å². The molecule has 0 spiro atoms. The van der Waals surface area contributed by atoms with Gasteiger partial charge in [0.1, 0.15) is 0 Å². The van der Waals surface area contributed by atoms with Crippen LogP contribution in [0.1, 0.15) is 52.0 Å². The van der Waals surface area contributed by atoms with Crippen molar-refractivity contribution in [2.24, 2.45) is 16.7 Å². The summed E-state index contributed by atoms with van der Waals surface area (Å²) in [4.78, 5) is 0. The third kappa shape index (κ3) is 4.39. The van der Waals surface area contributed by atoms with Crippen molar-refractivity contribution >= 4 is 39.1 Å². The molecule has 0 heterocycles. The molecule has 1 aliphatic rings. The molecule has 0 unspecified atom stereocenters. The fourth-order valence-corrected chi connectivity index (χ4v) is 4.76. The van der Waals surface area contributed by atoms with Crippen LogP contribution in [0.15, 0.2) is 18.2 Å². The maximum atomic E-state index is 6.37. The van der Waals surface area contributed by atoms with E-state index in [1.165, 1.54) is 31.2 Å². The van der Waals surface area contributed by atoms with Crippen LogP contribution in [0, 0.1) is 16.7 Å². The molecule has 1 aromatic carbocycles. The summed E-state index contributed by atoms with van der Waals surface area (Å²) in [6, 6.07) is 5.90. The first-order valence-electron chi connectivity index (χ1n) is 7.76. The highest BCUT2D eigenvalue weighted by Gasteiger charge is 2.38. The number of hydrogen-bond acceptors (Lipinski definition) is 0. The lowest BCUT2D eigenvalue weighted by atomic mass is 9.63. The minimum absolute atomic E-state index is 0.346. The van der Waals surface area contributed by atoms with Crippen molar-refractivity contribution in [3.05, 3.63) is 33.8 Å². The Morgan fingerprint density at radius 1 is 1.19 bits per heavy atom. The van der Waals surface area contributed by atoms with Gasteiger partial charge in [0, 0.05) is 15.4 Å². The Morgan fingerprint density at radius 2 is 1.81 bits per heavy atom. The summed E-state index contributed by atoms with van der Waals surface area (Å²) in [5.74, 6) is 0.838. The number of benzene rings is 1. The van der Waals surface area contributed by atoms with Gasteiger partial charge in [-0.15, -0.1) is 0 Å². The van der Waals surface area contributed by atoms with E-state index in [-0.39, 0.29) is 0 Å². The van der Waals surface area contributed by atoms with Crippen LogP contribution in [0.5, 0.6) is 0 Å². The summed E-state index contributed by atoms with van der Waals surface area (Å²) in [5, 5.41) is 2.57. The van der Waals surface area contributed by atoms with E-state index in [4.69, 9.17) is 23.2 Å². The Balaban J connectivity index is 2.10. The van der Waals surface area contributed by atoms with Gasteiger partial charge in [-0.3, -0.25) is 0 Å². The first-order chi connectivity index (χ1) is 9.76. The molecule has 0 atom stereocenters. The molecular weight excluding hydrogens is 367 g/mol. The van der Waals surface area contributed by atoms with E-state index in [0.29, 0.717) is 15.9 Å². The highest BCUT2D eigenvalue weighted by Crippen LogP contribution is 2.48. The molecule has 0 aliphatic heterocycles. The van der Waals surface area contributed by atoms with Crippen molar-refractivity contribution in [2.45, 2.75) is 52.9 Å². The Labute approximate surface area is 147 Å². The molecule has 0 nitrogen and oxygen atoms in total. The fraction of sp³-hybridized carbons (Fsp3) is 0.667. The SMILES string of the molecule is CC(C)(C)C1CCC(CBr)(Cc2ccc(Cl)cc2Cl)CC1. The van der Waals surface area contributed by atoms with E-state index in [9.17, 15) is 0 Å². The second-order valence-corrected chi connectivity index (χ2v) is 9.09. The summed E-state index contributed by atoms with van der Waals surface area (Å²) >= 11 is 16.1. The highest BCUT2D eigenvalue weighted by atomic mass is 79.9. The molecule has 1 aromatic rings. The van der Waals surface area contributed by atoms with Gasteiger partial charge in [-0.05, 0) is 66.5 Å². The van der Waals surface area contributed by atoms with E-state index < -0.39 is 0 Å². The lowest BCUT2D eigenvalue weighted by Crippen LogP contribution is -2.35. The minimum Gasteiger partial charge on any atom is -0.0922 e. The summed E-state index contributed by atoms with van der Waals surface area (Å²) in [5.41, 5.74) is 2.00. The van der Waals surface area contributed by atoms with Crippen molar-refractivity contribution in [1.29, 1.82) is 0 Å². The fourth-order valence-electron chi connectivity index (χ4n) is 3.52. The molecule has 1 aliphatic carbocycles. The molecule has 1 fully saturated rings. The smallest absolute Gasteiger partial charge is 0.0453 e. The van der Waals surface area contributed by atoms with Crippen LogP contribution < -0.4 is 0 Å². The average Bonchev–Trinajstić information content (AvgIpc) is 2.41. The molecule has 0 bridgehead atoms. The molecule has 21 heavy (non-hydrogen) atoms. The number of alkyl halides is 1. The van der Waals surface area contributed by atoms with Crippen LogP contribution >= 0.6 is 39.1 Å². The Kier molecular flexibility index (Phi) is 5.71. The van der Waals surface area contributed by atoms with E-state index in [1.54, 1.807) is 0 Å². The van der Waals surface area contributed by atoms with E-state index >= 15 is 0 Å². The average molecular weight is 392 g/mol. The minimum atomic E-state index is 0.346. The number of halogens is 3. The number of hydrogen-bond donors (Lipinski definition) is 0. The third-order valence-electron chi connectivity index (χ3n) is 5.14. The van der Waals surface area contributed by atoms with Crippen molar-refractivity contribution < 1.29 is 0 Å². The molecule has 3 heteroatoms. The van der Waals surface area contributed by atoms with Crippen LogP contribution in [-0.4, -0.2) is 5.33 Å². The van der Waals surface area contributed by atoms with Crippen molar-refractivity contribution in [3.8, 4) is 0 Å².